The molecule has 0 spiro atoms. The predicted molar refractivity (Wildman–Crippen MR) is 146 cm³/mol. The highest BCUT2D eigenvalue weighted by molar-refractivity contribution is 5.92. The highest BCUT2D eigenvalue weighted by Gasteiger charge is 2.33. The summed E-state index contributed by atoms with van der Waals surface area (Å²) >= 11 is 0. The molecule has 0 unspecified atom stereocenters. The van der Waals surface area contributed by atoms with Crippen molar-refractivity contribution in [2.75, 3.05) is 31.5 Å². The molecule has 2 fully saturated rings. The van der Waals surface area contributed by atoms with Gasteiger partial charge in [-0.1, -0.05) is 6.58 Å². The van der Waals surface area contributed by atoms with Gasteiger partial charge < -0.3 is 15.0 Å². The van der Waals surface area contributed by atoms with Crippen LogP contribution in [0.5, 0.6) is 5.75 Å². The van der Waals surface area contributed by atoms with E-state index in [-0.39, 0.29) is 5.91 Å². The standard InChI is InChI=1S/C29H35N7O2/c1-18(2)29(37)36-12-8-22(16-36)35-10-6-20(7-11-35)25-13-26-27(19(3)32-25)38-17-24-23(5-9-30-28(24)33-26)21-14-31-34(4)15-21/h5,9,13-15,20,22H,1,6-8,10-12,16-17H2,2-4H3,(H,30,33)/t22-/m1/s1. The lowest BCUT2D eigenvalue weighted by atomic mass is 9.91. The zero-order chi connectivity index (χ0) is 26.4. The number of hydrogen-bond donors (Lipinski definition) is 1. The zero-order valence-corrected chi connectivity index (χ0v) is 22.4. The number of nitrogens with one attached hydrogen (secondary N) is 1. The number of anilines is 2. The Morgan fingerprint density at radius 1 is 1.21 bits per heavy atom. The maximum Gasteiger partial charge on any atom is 0.248 e. The molecule has 0 saturated carbocycles. The summed E-state index contributed by atoms with van der Waals surface area (Å²) in [6.45, 7) is 11.7. The lowest BCUT2D eigenvalue weighted by molar-refractivity contribution is -0.126. The fourth-order valence-electron chi connectivity index (χ4n) is 6.07. The van der Waals surface area contributed by atoms with Crippen molar-refractivity contribution >= 4 is 17.4 Å². The molecule has 38 heavy (non-hydrogen) atoms. The van der Waals surface area contributed by atoms with Crippen LogP contribution in [0.4, 0.5) is 11.5 Å². The van der Waals surface area contributed by atoms with Gasteiger partial charge in [-0.05, 0) is 63.9 Å². The summed E-state index contributed by atoms with van der Waals surface area (Å²) in [5.74, 6) is 2.08. The molecule has 1 N–H and O–H groups in total. The molecule has 0 aromatic carbocycles. The van der Waals surface area contributed by atoms with Gasteiger partial charge in [-0.3, -0.25) is 19.4 Å². The van der Waals surface area contributed by atoms with Crippen LogP contribution in [0.3, 0.4) is 0 Å². The number of pyridine rings is 2. The van der Waals surface area contributed by atoms with Crippen molar-refractivity contribution in [2.24, 2.45) is 7.05 Å². The summed E-state index contributed by atoms with van der Waals surface area (Å²) in [7, 11) is 1.92. The van der Waals surface area contributed by atoms with Gasteiger partial charge in [0, 0.05) is 66.9 Å². The van der Waals surface area contributed by atoms with Crippen molar-refractivity contribution in [2.45, 2.75) is 51.7 Å². The summed E-state index contributed by atoms with van der Waals surface area (Å²) in [5, 5.41) is 7.89. The first-order valence-electron chi connectivity index (χ1n) is 13.4. The van der Waals surface area contributed by atoms with E-state index in [1.807, 2.05) is 43.5 Å². The lowest BCUT2D eigenvalue weighted by Crippen LogP contribution is -2.43. The third kappa shape index (κ3) is 4.55. The first-order valence-corrected chi connectivity index (χ1v) is 13.4. The highest BCUT2D eigenvalue weighted by atomic mass is 16.5. The van der Waals surface area contributed by atoms with Crippen LogP contribution >= 0.6 is 0 Å². The second kappa shape index (κ2) is 9.87. The van der Waals surface area contributed by atoms with E-state index >= 15 is 0 Å². The fraction of sp³-hybridized carbons (Fsp3) is 0.448. The van der Waals surface area contributed by atoms with Crippen molar-refractivity contribution < 1.29 is 9.53 Å². The van der Waals surface area contributed by atoms with Gasteiger partial charge in [0.25, 0.3) is 0 Å². The molecule has 0 aliphatic carbocycles. The average Bonchev–Trinajstić information content (AvgIpc) is 3.53. The number of rotatable bonds is 4. The fourth-order valence-corrected chi connectivity index (χ4v) is 6.07. The number of fused-ring (bicyclic) bond motifs is 2. The molecular weight excluding hydrogens is 478 g/mol. The number of hydrogen-bond acceptors (Lipinski definition) is 7. The summed E-state index contributed by atoms with van der Waals surface area (Å²) < 4.78 is 8.11. The van der Waals surface area contributed by atoms with Crippen molar-refractivity contribution in [3.8, 4) is 16.9 Å². The van der Waals surface area contributed by atoms with Crippen LogP contribution in [0.2, 0.25) is 0 Å². The third-order valence-corrected chi connectivity index (χ3v) is 8.13. The quantitative estimate of drug-likeness (QED) is 0.524. The summed E-state index contributed by atoms with van der Waals surface area (Å²) in [4.78, 5) is 26.5. The Morgan fingerprint density at radius 3 is 2.76 bits per heavy atom. The number of nitrogens with zero attached hydrogens (tertiary/aromatic N) is 6. The minimum Gasteiger partial charge on any atom is -0.485 e. The zero-order valence-electron chi connectivity index (χ0n) is 22.4. The summed E-state index contributed by atoms with van der Waals surface area (Å²) in [6.07, 6.45) is 8.85. The van der Waals surface area contributed by atoms with E-state index in [0.29, 0.717) is 24.1 Å². The highest BCUT2D eigenvalue weighted by Crippen LogP contribution is 2.40. The van der Waals surface area contributed by atoms with Crippen LogP contribution in [0, 0.1) is 6.92 Å². The number of likely N-dealkylation sites (tertiary alicyclic amines) is 2. The molecule has 0 radical (unpaired) electrons. The predicted octanol–water partition coefficient (Wildman–Crippen LogP) is 4.18. The molecule has 198 valence electrons. The van der Waals surface area contributed by atoms with E-state index in [0.717, 1.165) is 90.8 Å². The molecular formula is C29H35N7O2. The van der Waals surface area contributed by atoms with Gasteiger partial charge in [0.1, 0.15) is 12.4 Å². The molecule has 9 nitrogen and oxygen atoms in total. The smallest absolute Gasteiger partial charge is 0.248 e. The molecule has 9 heteroatoms. The first-order chi connectivity index (χ1) is 18.4. The van der Waals surface area contributed by atoms with E-state index in [1.54, 1.807) is 11.6 Å². The van der Waals surface area contributed by atoms with Gasteiger partial charge in [-0.15, -0.1) is 0 Å². The molecule has 6 heterocycles. The van der Waals surface area contributed by atoms with E-state index in [4.69, 9.17) is 9.72 Å². The Morgan fingerprint density at radius 2 is 2.03 bits per heavy atom. The molecule has 1 amide bonds. The summed E-state index contributed by atoms with van der Waals surface area (Å²) in [5.41, 5.74) is 6.67. The maximum absolute atomic E-state index is 12.3. The van der Waals surface area contributed by atoms with Crippen molar-refractivity contribution in [1.82, 2.24) is 29.5 Å². The number of piperidine rings is 1. The number of ether oxygens (including phenoxy) is 1. The first kappa shape index (κ1) is 24.6. The Labute approximate surface area is 223 Å². The van der Waals surface area contributed by atoms with Crippen LogP contribution < -0.4 is 10.1 Å². The third-order valence-electron chi connectivity index (χ3n) is 8.13. The van der Waals surface area contributed by atoms with Gasteiger partial charge in [0.05, 0.1) is 17.6 Å². The Bertz CT molecular complexity index is 1390. The van der Waals surface area contributed by atoms with Crippen molar-refractivity contribution in [3.05, 3.63) is 59.8 Å². The van der Waals surface area contributed by atoms with Crippen LogP contribution in [-0.4, -0.2) is 67.7 Å². The van der Waals surface area contributed by atoms with Gasteiger partial charge in [0.2, 0.25) is 5.91 Å². The van der Waals surface area contributed by atoms with Crippen LogP contribution in [0.1, 0.15) is 49.1 Å². The monoisotopic (exact) mass is 513 g/mol. The van der Waals surface area contributed by atoms with Crippen LogP contribution in [0.15, 0.2) is 42.9 Å². The Balaban J connectivity index is 1.17. The van der Waals surface area contributed by atoms with E-state index in [9.17, 15) is 4.79 Å². The number of amides is 1. The van der Waals surface area contributed by atoms with Gasteiger partial charge in [-0.2, -0.15) is 5.10 Å². The number of aryl methyl sites for hydroxylation is 2. The SMILES string of the molecule is C=C(C)C(=O)N1CC[C@@H](N2CCC(c3cc4c(c(C)n3)OCc3c(-c5cnn(C)c5)ccnc3N4)CC2)C1. The van der Waals surface area contributed by atoms with Gasteiger partial charge in [0.15, 0.2) is 5.75 Å². The molecule has 3 aromatic heterocycles. The largest absolute Gasteiger partial charge is 0.485 e. The van der Waals surface area contributed by atoms with Crippen LogP contribution in [-0.2, 0) is 18.4 Å². The second-order valence-corrected chi connectivity index (χ2v) is 10.8. The molecule has 3 aliphatic heterocycles. The Kier molecular flexibility index (Phi) is 6.39. The lowest BCUT2D eigenvalue weighted by Gasteiger charge is -2.36. The van der Waals surface area contributed by atoms with E-state index in [2.05, 4.69) is 32.9 Å². The van der Waals surface area contributed by atoms with E-state index < -0.39 is 0 Å². The van der Waals surface area contributed by atoms with Gasteiger partial charge >= 0.3 is 0 Å². The van der Waals surface area contributed by atoms with Gasteiger partial charge in [-0.25, -0.2) is 4.98 Å². The maximum atomic E-state index is 12.3. The molecule has 2 saturated heterocycles. The van der Waals surface area contributed by atoms with Crippen LogP contribution in [0.25, 0.3) is 11.1 Å². The number of carbonyl (C=O) groups is 1. The average molecular weight is 514 g/mol. The molecule has 3 aliphatic rings. The number of carbonyl (C=O) groups excluding carboxylic acids is 1. The summed E-state index contributed by atoms with van der Waals surface area (Å²) in [6, 6.07) is 4.60. The molecule has 1 atom stereocenters. The van der Waals surface area contributed by atoms with Crippen molar-refractivity contribution in [1.29, 1.82) is 0 Å². The second-order valence-electron chi connectivity index (χ2n) is 10.8. The molecule has 0 bridgehead atoms. The normalized spacial score (nSPS) is 19.8. The topological polar surface area (TPSA) is 88.4 Å². The number of aromatic nitrogens is 4. The molecule has 3 aromatic rings. The molecule has 6 rings (SSSR count). The van der Waals surface area contributed by atoms with Crippen molar-refractivity contribution in [3.63, 3.8) is 0 Å². The minimum atomic E-state index is 0.0883. The van der Waals surface area contributed by atoms with E-state index in [1.165, 1.54) is 0 Å². The minimum absolute atomic E-state index is 0.0883. The Hall–Kier alpha value is -3.72.